The molecular formula is C13H19N3O3. The Bertz CT molecular complexity index is 460. The molecule has 1 aromatic heterocycles. The Kier molecular flexibility index (Phi) is 5.78. The Morgan fingerprint density at radius 2 is 2.11 bits per heavy atom. The minimum absolute atomic E-state index is 0.228. The Balaban J connectivity index is 2.55. The summed E-state index contributed by atoms with van der Waals surface area (Å²) < 4.78 is 0. The highest BCUT2D eigenvalue weighted by Crippen LogP contribution is 2.11. The van der Waals surface area contributed by atoms with E-state index in [1.807, 2.05) is 6.92 Å². The van der Waals surface area contributed by atoms with Crippen molar-refractivity contribution in [2.24, 2.45) is 5.73 Å². The number of carbonyl (C=O) groups is 2. The predicted molar refractivity (Wildman–Crippen MR) is 72.1 cm³/mol. The average Bonchev–Trinajstić information content (AvgIpc) is 2.37. The molecule has 0 aliphatic heterocycles. The number of carboxylic acid groups (broad SMARTS) is 1. The summed E-state index contributed by atoms with van der Waals surface area (Å²) in [5.41, 5.74) is 6.00. The van der Waals surface area contributed by atoms with Crippen LogP contribution in [0.15, 0.2) is 12.1 Å². The SMILES string of the molecule is CCc1cc(C(=O)O)cc(NCCCCC(N)=O)n1. The van der Waals surface area contributed by atoms with Crippen molar-refractivity contribution in [1.82, 2.24) is 4.98 Å². The first-order chi connectivity index (χ1) is 9.02. The molecule has 0 atom stereocenters. The van der Waals surface area contributed by atoms with Gasteiger partial charge < -0.3 is 16.2 Å². The van der Waals surface area contributed by atoms with E-state index in [0.717, 1.165) is 12.1 Å². The highest BCUT2D eigenvalue weighted by Gasteiger charge is 2.07. The molecular weight excluding hydrogens is 246 g/mol. The van der Waals surface area contributed by atoms with Gasteiger partial charge in [0.25, 0.3) is 0 Å². The second-order valence-electron chi connectivity index (χ2n) is 4.24. The van der Waals surface area contributed by atoms with Crippen molar-refractivity contribution in [1.29, 1.82) is 0 Å². The van der Waals surface area contributed by atoms with E-state index in [0.29, 0.717) is 31.6 Å². The van der Waals surface area contributed by atoms with E-state index in [9.17, 15) is 9.59 Å². The summed E-state index contributed by atoms with van der Waals surface area (Å²) in [5.74, 6) is -0.719. The zero-order valence-corrected chi connectivity index (χ0v) is 11.0. The van der Waals surface area contributed by atoms with Crippen LogP contribution in [-0.2, 0) is 11.2 Å². The number of aromatic carboxylic acids is 1. The van der Waals surface area contributed by atoms with Crippen LogP contribution in [0.1, 0.15) is 42.2 Å². The summed E-state index contributed by atoms with van der Waals surface area (Å²) in [6.45, 7) is 2.55. The predicted octanol–water partition coefficient (Wildman–Crippen LogP) is 1.41. The molecule has 0 fully saturated rings. The lowest BCUT2D eigenvalue weighted by Crippen LogP contribution is -2.11. The van der Waals surface area contributed by atoms with Gasteiger partial charge in [0.1, 0.15) is 5.82 Å². The van der Waals surface area contributed by atoms with Crippen molar-refractivity contribution in [3.63, 3.8) is 0 Å². The molecule has 6 heteroatoms. The van der Waals surface area contributed by atoms with E-state index in [4.69, 9.17) is 10.8 Å². The summed E-state index contributed by atoms with van der Waals surface area (Å²) in [5, 5.41) is 12.1. The number of nitrogens with two attached hydrogens (primary N) is 1. The lowest BCUT2D eigenvalue weighted by molar-refractivity contribution is -0.118. The first-order valence-corrected chi connectivity index (χ1v) is 6.29. The van der Waals surface area contributed by atoms with Crippen molar-refractivity contribution < 1.29 is 14.7 Å². The van der Waals surface area contributed by atoms with Gasteiger partial charge in [0.15, 0.2) is 0 Å². The average molecular weight is 265 g/mol. The molecule has 0 bridgehead atoms. The van der Waals surface area contributed by atoms with Crippen molar-refractivity contribution in [3.05, 3.63) is 23.4 Å². The van der Waals surface area contributed by atoms with E-state index < -0.39 is 5.97 Å². The number of aromatic nitrogens is 1. The summed E-state index contributed by atoms with van der Waals surface area (Å²) >= 11 is 0. The normalized spacial score (nSPS) is 10.2. The topological polar surface area (TPSA) is 105 Å². The van der Waals surface area contributed by atoms with Gasteiger partial charge in [-0.1, -0.05) is 6.92 Å². The number of nitrogens with one attached hydrogen (secondary N) is 1. The number of nitrogens with zero attached hydrogens (tertiary/aromatic N) is 1. The molecule has 104 valence electrons. The number of pyridine rings is 1. The molecule has 1 heterocycles. The maximum absolute atomic E-state index is 11.0. The molecule has 6 nitrogen and oxygen atoms in total. The van der Waals surface area contributed by atoms with Gasteiger partial charge in [-0.3, -0.25) is 4.79 Å². The number of carbonyl (C=O) groups excluding carboxylic acids is 1. The lowest BCUT2D eigenvalue weighted by atomic mass is 10.2. The molecule has 19 heavy (non-hydrogen) atoms. The largest absolute Gasteiger partial charge is 0.478 e. The van der Waals surface area contributed by atoms with Gasteiger partial charge in [0.2, 0.25) is 5.91 Å². The minimum atomic E-state index is -0.964. The molecule has 4 N–H and O–H groups in total. The van der Waals surface area contributed by atoms with Crippen molar-refractivity contribution in [2.45, 2.75) is 32.6 Å². The fraction of sp³-hybridized carbons (Fsp3) is 0.462. The zero-order chi connectivity index (χ0) is 14.3. The monoisotopic (exact) mass is 265 g/mol. The molecule has 0 aromatic carbocycles. The molecule has 0 saturated heterocycles. The van der Waals surface area contributed by atoms with Crippen LogP contribution in [0.5, 0.6) is 0 Å². The van der Waals surface area contributed by atoms with Crippen molar-refractivity contribution in [2.75, 3.05) is 11.9 Å². The quantitative estimate of drug-likeness (QED) is 0.616. The standard InChI is InChI=1S/C13H19N3O3/c1-2-10-7-9(13(18)19)8-12(16-10)15-6-4-3-5-11(14)17/h7-8H,2-6H2,1H3,(H2,14,17)(H,15,16)(H,18,19). The maximum atomic E-state index is 11.0. The Morgan fingerprint density at radius 3 is 2.68 bits per heavy atom. The molecule has 0 saturated carbocycles. The summed E-state index contributed by atoms with van der Waals surface area (Å²) in [7, 11) is 0. The van der Waals surface area contributed by atoms with Crippen LogP contribution in [0.3, 0.4) is 0 Å². The number of hydrogen-bond acceptors (Lipinski definition) is 4. The highest BCUT2D eigenvalue weighted by atomic mass is 16.4. The first-order valence-electron chi connectivity index (χ1n) is 6.29. The third-order valence-corrected chi connectivity index (χ3v) is 2.64. The summed E-state index contributed by atoms with van der Waals surface area (Å²) in [6.07, 6.45) is 2.53. The Morgan fingerprint density at radius 1 is 1.37 bits per heavy atom. The van der Waals surface area contributed by atoms with Crippen molar-refractivity contribution in [3.8, 4) is 0 Å². The zero-order valence-electron chi connectivity index (χ0n) is 11.0. The summed E-state index contributed by atoms with van der Waals surface area (Å²) in [6, 6.07) is 3.08. The van der Waals surface area contributed by atoms with Gasteiger partial charge in [-0.25, -0.2) is 9.78 Å². The smallest absolute Gasteiger partial charge is 0.335 e. The molecule has 0 unspecified atom stereocenters. The third kappa shape index (κ3) is 5.37. The Hall–Kier alpha value is -2.11. The van der Waals surface area contributed by atoms with Gasteiger partial charge in [-0.2, -0.15) is 0 Å². The van der Waals surface area contributed by atoms with Gasteiger partial charge in [0.05, 0.1) is 5.56 Å². The molecule has 0 spiro atoms. The first kappa shape index (κ1) is 14.9. The summed E-state index contributed by atoms with van der Waals surface area (Å²) in [4.78, 5) is 25.8. The van der Waals surface area contributed by atoms with Gasteiger partial charge in [0, 0.05) is 18.7 Å². The van der Waals surface area contributed by atoms with E-state index >= 15 is 0 Å². The number of hydrogen-bond donors (Lipinski definition) is 3. The van der Waals surface area contributed by atoms with E-state index in [2.05, 4.69) is 10.3 Å². The number of amides is 1. The van der Waals surface area contributed by atoms with Gasteiger partial charge in [-0.15, -0.1) is 0 Å². The second kappa shape index (κ2) is 7.35. The maximum Gasteiger partial charge on any atom is 0.335 e. The minimum Gasteiger partial charge on any atom is -0.478 e. The molecule has 1 rings (SSSR count). The van der Waals surface area contributed by atoms with Gasteiger partial charge in [-0.05, 0) is 31.4 Å². The van der Waals surface area contributed by atoms with E-state index in [1.54, 1.807) is 6.07 Å². The van der Waals surface area contributed by atoms with Crippen LogP contribution in [0.4, 0.5) is 5.82 Å². The molecule has 0 aliphatic carbocycles. The van der Waals surface area contributed by atoms with Crippen molar-refractivity contribution >= 4 is 17.7 Å². The number of primary amides is 1. The van der Waals surface area contributed by atoms with E-state index in [1.165, 1.54) is 6.07 Å². The molecule has 1 amide bonds. The van der Waals surface area contributed by atoms with E-state index in [-0.39, 0.29) is 11.5 Å². The third-order valence-electron chi connectivity index (χ3n) is 2.64. The lowest BCUT2D eigenvalue weighted by Gasteiger charge is -2.08. The number of carboxylic acids is 1. The highest BCUT2D eigenvalue weighted by molar-refractivity contribution is 5.88. The van der Waals surface area contributed by atoms with Crippen LogP contribution >= 0.6 is 0 Å². The number of anilines is 1. The fourth-order valence-electron chi connectivity index (χ4n) is 1.62. The fourth-order valence-corrected chi connectivity index (χ4v) is 1.62. The second-order valence-corrected chi connectivity index (χ2v) is 4.24. The Labute approximate surface area is 112 Å². The number of rotatable bonds is 8. The van der Waals surface area contributed by atoms with Crippen LogP contribution in [0.25, 0.3) is 0 Å². The van der Waals surface area contributed by atoms with Crippen LogP contribution in [0, 0.1) is 0 Å². The van der Waals surface area contributed by atoms with Gasteiger partial charge >= 0.3 is 5.97 Å². The van der Waals surface area contributed by atoms with Crippen LogP contribution < -0.4 is 11.1 Å². The molecule has 0 aliphatic rings. The molecule has 0 radical (unpaired) electrons. The number of aryl methyl sites for hydroxylation is 1. The van der Waals surface area contributed by atoms with Crippen LogP contribution in [0.2, 0.25) is 0 Å². The molecule has 1 aromatic rings. The van der Waals surface area contributed by atoms with Crippen LogP contribution in [-0.4, -0.2) is 28.5 Å². The number of unbranched alkanes of at least 4 members (excludes halogenated alkanes) is 1.